The largest absolute Gasteiger partial charge is 0.481 e. The van der Waals surface area contributed by atoms with Gasteiger partial charge in [-0.05, 0) is 46.0 Å². The fourth-order valence-corrected chi connectivity index (χ4v) is 1.61. The Balaban J connectivity index is 0.000000423. The summed E-state index contributed by atoms with van der Waals surface area (Å²) >= 11 is 0. The van der Waals surface area contributed by atoms with Crippen LogP contribution in [0.3, 0.4) is 0 Å². The van der Waals surface area contributed by atoms with Crippen LogP contribution in [0.5, 0.6) is 0 Å². The van der Waals surface area contributed by atoms with Crippen molar-refractivity contribution in [2.45, 2.75) is 52.6 Å². The van der Waals surface area contributed by atoms with E-state index in [1.807, 2.05) is 13.8 Å². The summed E-state index contributed by atoms with van der Waals surface area (Å²) in [7, 11) is 0. The first-order valence-corrected chi connectivity index (χ1v) is 5.31. The minimum absolute atomic E-state index is 0.464. The van der Waals surface area contributed by atoms with Crippen molar-refractivity contribution in [2.75, 3.05) is 0 Å². The average molecular weight is 214 g/mol. The molecule has 0 amide bonds. The fraction of sp³-hybridized carbons (Fsp3) is 0.750. The number of aliphatic carboxylic acids is 1. The number of hydrogen-bond acceptors (Lipinski definition) is 2. The van der Waals surface area contributed by atoms with Gasteiger partial charge in [-0.25, -0.2) is 0 Å². The summed E-state index contributed by atoms with van der Waals surface area (Å²) in [6, 6.07) is 0. The molecule has 1 atom stereocenters. The normalized spacial score (nSPS) is 21.1. The molecule has 15 heavy (non-hydrogen) atoms. The maximum absolute atomic E-state index is 9.70. The summed E-state index contributed by atoms with van der Waals surface area (Å²) in [5.41, 5.74) is 0.988. The molecule has 1 rings (SSSR count). The van der Waals surface area contributed by atoms with E-state index in [4.69, 9.17) is 9.90 Å². The first-order valence-electron chi connectivity index (χ1n) is 5.31. The van der Waals surface area contributed by atoms with E-state index < -0.39 is 11.6 Å². The molecule has 0 aliphatic heterocycles. The maximum atomic E-state index is 9.70. The van der Waals surface area contributed by atoms with Crippen LogP contribution in [0.15, 0.2) is 11.6 Å². The highest BCUT2D eigenvalue weighted by Gasteiger charge is 2.27. The van der Waals surface area contributed by atoms with Gasteiger partial charge in [0.05, 0.1) is 5.60 Å². The van der Waals surface area contributed by atoms with Crippen LogP contribution in [0.2, 0.25) is 0 Å². The third-order valence-electron chi connectivity index (χ3n) is 2.64. The van der Waals surface area contributed by atoms with Crippen LogP contribution >= 0.6 is 0 Å². The van der Waals surface area contributed by atoms with Crippen molar-refractivity contribution >= 4 is 5.97 Å². The smallest absolute Gasteiger partial charge is 0.300 e. The SMILES string of the molecule is CC(=O)O.CC1=CC[C@@H](C(C)(C)O)CC1. The Morgan fingerprint density at radius 1 is 1.53 bits per heavy atom. The molecule has 0 aromatic carbocycles. The van der Waals surface area contributed by atoms with Crippen LogP contribution in [0.4, 0.5) is 0 Å². The van der Waals surface area contributed by atoms with Gasteiger partial charge in [0.25, 0.3) is 5.97 Å². The third kappa shape index (κ3) is 7.14. The van der Waals surface area contributed by atoms with Gasteiger partial charge < -0.3 is 10.2 Å². The lowest BCUT2D eigenvalue weighted by molar-refractivity contribution is -0.134. The number of carboxylic acids is 1. The van der Waals surface area contributed by atoms with Gasteiger partial charge in [-0.2, -0.15) is 0 Å². The highest BCUT2D eigenvalue weighted by atomic mass is 16.4. The van der Waals surface area contributed by atoms with E-state index in [1.54, 1.807) is 0 Å². The van der Waals surface area contributed by atoms with E-state index in [2.05, 4.69) is 13.0 Å². The Labute approximate surface area is 91.8 Å². The molecule has 0 aromatic rings. The predicted octanol–water partition coefficient (Wildman–Crippen LogP) is 2.59. The van der Waals surface area contributed by atoms with E-state index in [0.29, 0.717) is 5.92 Å². The van der Waals surface area contributed by atoms with E-state index in [-0.39, 0.29) is 0 Å². The number of hydrogen-bond donors (Lipinski definition) is 2. The van der Waals surface area contributed by atoms with Crippen molar-refractivity contribution in [2.24, 2.45) is 5.92 Å². The summed E-state index contributed by atoms with van der Waals surface area (Å²) in [5.74, 6) is -0.369. The molecule has 2 N–H and O–H groups in total. The Kier molecular flexibility index (Phi) is 5.58. The van der Waals surface area contributed by atoms with Crippen molar-refractivity contribution in [1.29, 1.82) is 0 Å². The monoisotopic (exact) mass is 214 g/mol. The van der Waals surface area contributed by atoms with Crippen LogP contribution in [-0.2, 0) is 4.79 Å². The first kappa shape index (κ1) is 14.2. The molecule has 0 bridgehead atoms. The van der Waals surface area contributed by atoms with Gasteiger partial charge in [0.2, 0.25) is 0 Å². The molecule has 3 nitrogen and oxygen atoms in total. The number of allylic oxidation sites excluding steroid dienone is 2. The van der Waals surface area contributed by atoms with Gasteiger partial charge in [0.15, 0.2) is 0 Å². The fourth-order valence-electron chi connectivity index (χ4n) is 1.61. The molecule has 0 saturated heterocycles. The van der Waals surface area contributed by atoms with E-state index in [9.17, 15) is 5.11 Å². The zero-order valence-electron chi connectivity index (χ0n) is 10.1. The maximum Gasteiger partial charge on any atom is 0.300 e. The molecule has 1 aliphatic carbocycles. The second-order valence-electron chi connectivity index (χ2n) is 4.69. The zero-order chi connectivity index (χ0) is 12.1. The summed E-state index contributed by atoms with van der Waals surface area (Å²) in [6.07, 6.45) is 5.61. The zero-order valence-corrected chi connectivity index (χ0v) is 10.1. The van der Waals surface area contributed by atoms with Crippen LogP contribution in [0.25, 0.3) is 0 Å². The molecular weight excluding hydrogens is 192 g/mol. The molecule has 0 unspecified atom stereocenters. The molecular formula is C12H22O3. The number of aliphatic hydroxyl groups is 1. The van der Waals surface area contributed by atoms with Gasteiger partial charge in [0, 0.05) is 6.92 Å². The summed E-state index contributed by atoms with van der Waals surface area (Å²) in [4.78, 5) is 9.00. The topological polar surface area (TPSA) is 57.5 Å². The predicted molar refractivity (Wildman–Crippen MR) is 60.7 cm³/mol. The van der Waals surface area contributed by atoms with Crippen molar-refractivity contribution in [3.63, 3.8) is 0 Å². The summed E-state index contributed by atoms with van der Waals surface area (Å²) < 4.78 is 0. The van der Waals surface area contributed by atoms with Crippen molar-refractivity contribution in [1.82, 2.24) is 0 Å². The molecule has 88 valence electrons. The molecule has 1 aliphatic rings. The lowest BCUT2D eigenvalue weighted by Crippen LogP contribution is -2.31. The van der Waals surface area contributed by atoms with Gasteiger partial charge in [0.1, 0.15) is 0 Å². The number of rotatable bonds is 1. The molecule has 3 heteroatoms. The average Bonchev–Trinajstić information content (AvgIpc) is 2.01. The van der Waals surface area contributed by atoms with E-state index >= 15 is 0 Å². The highest BCUT2D eigenvalue weighted by Crippen LogP contribution is 2.31. The standard InChI is InChI=1S/C10H18O.C2H4O2/c1-8-4-6-9(7-5-8)10(2,3)11;1-2(3)4/h4,9,11H,5-7H2,1-3H3;1H3,(H,3,4)/t9-;/m1./s1. The van der Waals surface area contributed by atoms with Crippen molar-refractivity contribution in [3.8, 4) is 0 Å². The van der Waals surface area contributed by atoms with E-state index in [0.717, 1.165) is 26.2 Å². The highest BCUT2D eigenvalue weighted by molar-refractivity contribution is 5.62. The van der Waals surface area contributed by atoms with Crippen LogP contribution in [-0.4, -0.2) is 21.8 Å². The number of carboxylic acid groups (broad SMARTS) is 1. The van der Waals surface area contributed by atoms with Crippen LogP contribution in [0, 0.1) is 5.92 Å². The molecule has 0 saturated carbocycles. The second kappa shape index (κ2) is 5.91. The van der Waals surface area contributed by atoms with Gasteiger partial charge in [-0.3, -0.25) is 4.79 Å². The Morgan fingerprint density at radius 3 is 2.27 bits per heavy atom. The number of carbonyl (C=O) groups is 1. The lowest BCUT2D eigenvalue weighted by Gasteiger charge is -2.31. The second-order valence-corrected chi connectivity index (χ2v) is 4.69. The molecule has 0 radical (unpaired) electrons. The minimum Gasteiger partial charge on any atom is -0.481 e. The van der Waals surface area contributed by atoms with Crippen molar-refractivity contribution in [3.05, 3.63) is 11.6 Å². The molecule has 0 spiro atoms. The third-order valence-corrected chi connectivity index (χ3v) is 2.64. The van der Waals surface area contributed by atoms with Gasteiger partial charge in [-0.1, -0.05) is 11.6 Å². The minimum atomic E-state index is -0.833. The van der Waals surface area contributed by atoms with Gasteiger partial charge >= 0.3 is 0 Å². The molecule has 0 fully saturated rings. The summed E-state index contributed by atoms with van der Waals surface area (Å²) in [5, 5.41) is 17.1. The van der Waals surface area contributed by atoms with E-state index in [1.165, 1.54) is 5.57 Å². The Bertz CT molecular complexity index is 232. The van der Waals surface area contributed by atoms with Crippen molar-refractivity contribution < 1.29 is 15.0 Å². The molecule has 0 aromatic heterocycles. The lowest BCUT2D eigenvalue weighted by atomic mass is 9.80. The van der Waals surface area contributed by atoms with Crippen LogP contribution in [0.1, 0.15) is 47.0 Å². The first-order chi connectivity index (χ1) is 6.73. The summed E-state index contributed by atoms with van der Waals surface area (Å²) in [6.45, 7) is 7.07. The van der Waals surface area contributed by atoms with Gasteiger partial charge in [-0.15, -0.1) is 0 Å². The Morgan fingerprint density at radius 2 is 2.00 bits per heavy atom. The molecule has 0 heterocycles. The quantitative estimate of drug-likeness (QED) is 0.660. The Hall–Kier alpha value is -0.830. The van der Waals surface area contributed by atoms with Crippen LogP contribution < -0.4 is 0 Å².